The first-order valence-corrected chi connectivity index (χ1v) is 5.89. The molecule has 1 aliphatic rings. The van der Waals surface area contributed by atoms with Crippen molar-refractivity contribution >= 4 is 0 Å². The van der Waals surface area contributed by atoms with Crippen molar-refractivity contribution in [3.8, 4) is 22.6 Å². The van der Waals surface area contributed by atoms with Crippen LogP contribution in [0.25, 0.3) is 11.1 Å². The van der Waals surface area contributed by atoms with Crippen molar-refractivity contribution in [1.29, 1.82) is 0 Å². The van der Waals surface area contributed by atoms with Crippen molar-refractivity contribution in [3.05, 3.63) is 47.5 Å². The van der Waals surface area contributed by atoms with Gasteiger partial charge in [-0.15, -0.1) is 0 Å². The Hall–Kier alpha value is -1.96. The number of fused-ring (bicyclic) bond motifs is 3. The van der Waals surface area contributed by atoms with E-state index in [0.29, 0.717) is 0 Å². The van der Waals surface area contributed by atoms with Crippen LogP contribution in [0.2, 0.25) is 0 Å². The van der Waals surface area contributed by atoms with Crippen molar-refractivity contribution in [3.63, 3.8) is 0 Å². The summed E-state index contributed by atoms with van der Waals surface area (Å²) < 4.78 is 0. The Morgan fingerprint density at radius 1 is 0.706 bits per heavy atom. The predicted molar refractivity (Wildman–Crippen MR) is 67.2 cm³/mol. The number of hydrogen-bond acceptors (Lipinski definition) is 2. The monoisotopic (exact) mass is 226 g/mol. The van der Waals surface area contributed by atoms with Gasteiger partial charge in [0, 0.05) is 11.1 Å². The number of aromatic hydroxyl groups is 2. The van der Waals surface area contributed by atoms with Crippen molar-refractivity contribution in [1.82, 2.24) is 0 Å². The minimum Gasteiger partial charge on any atom is -0.507 e. The van der Waals surface area contributed by atoms with Crippen LogP contribution in [0.3, 0.4) is 0 Å². The Morgan fingerprint density at radius 3 is 1.65 bits per heavy atom. The summed E-state index contributed by atoms with van der Waals surface area (Å²) in [5, 5.41) is 20.1. The Bertz CT molecular complexity index is 522. The van der Waals surface area contributed by atoms with E-state index < -0.39 is 0 Å². The smallest absolute Gasteiger partial charge is 0.123 e. The van der Waals surface area contributed by atoms with Gasteiger partial charge in [-0.2, -0.15) is 0 Å². The Labute approximate surface area is 100 Å². The number of aryl methyl sites for hydroxylation is 2. The first-order valence-electron chi connectivity index (χ1n) is 5.89. The molecule has 2 aromatic rings. The maximum atomic E-state index is 10.0. The summed E-state index contributed by atoms with van der Waals surface area (Å²) >= 11 is 0. The third-order valence-electron chi connectivity index (χ3n) is 3.40. The van der Waals surface area contributed by atoms with E-state index in [-0.39, 0.29) is 11.5 Å². The number of rotatable bonds is 0. The predicted octanol–water partition coefficient (Wildman–Crippen LogP) is 3.25. The largest absolute Gasteiger partial charge is 0.507 e. The van der Waals surface area contributed by atoms with Gasteiger partial charge in [0.1, 0.15) is 11.5 Å². The van der Waals surface area contributed by atoms with Crippen molar-refractivity contribution < 1.29 is 10.2 Å². The third-order valence-corrected chi connectivity index (χ3v) is 3.40. The maximum Gasteiger partial charge on any atom is 0.123 e. The summed E-state index contributed by atoms with van der Waals surface area (Å²) in [5.41, 5.74) is 3.84. The van der Waals surface area contributed by atoms with Gasteiger partial charge in [-0.1, -0.05) is 24.3 Å². The van der Waals surface area contributed by atoms with Gasteiger partial charge in [0.15, 0.2) is 0 Å². The van der Waals surface area contributed by atoms with Crippen LogP contribution in [0.15, 0.2) is 36.4 Å². The molecule has 0 unspecified atom stereocenters. The lowest BCUT2D eigenvalue weighted by Crippen LogP contribution is -1.89. The highest BCUT2D eigenvalue weighted by Crippen LogP contribution is 2.42. The molecule has 0 amide bonds. The van der Waals surface area contributed by atoms with Crippen LogP contribution in [-0.4, -0.2) is 10.2 Å². The quantitative estimate of drug-likeness (QED) is 0.724. The van der Waals surface area contributed by atoms with Crippen LogP contribution in [0, 0.1) is 0 Å². The Morgan fingerprint density at radius 2 is 1.18 bits per heavy atom. The molecule has 2 N–H and O–H groups in total. The maximum absolute atomic E-state index is 10.0. The van der Waals surface area contributed by atoms with E-state index in [1.54, 1.807) is 12.1 Å². The molecule has 0 bridgehead atoms. The van der Waals surface area contributed by atoms with E-state index in [4.69, 9.17) is 0 Å². The van der Waals surface area contributed by atoms with Crippen LogP contribution >= 0.6 is 0 Å². The van der Waals surface area contributed by atoms with E-state index in [1.807, 2.05) is 24.3 Å². The van der Waals surface area contributed by atoms with Gasteiger partial charge < -0.3 is 10.2 Å². The van der Waals surface area contributed by atoms with E-state index >= 15 is 0 Å². The lowest BCUT2D eigenvalue weighted by atomic mass is 9.95. The molecule has 2 aromatic carbocycles. The molecule has 0 saturated carbocycles. The fourth-order valence-corrected chi connectivity index (χ4v) is 2.64. The standard InChI is InChI=1S/C15H14O2/c16-12-8-2-6-10-4-1-5-11-7-3-9-13(17)15(11)14(10)12/h2-3,6-9,16-17H,1,4-5H2. The van der Waals surface area contributed by atoms with Gasteiger partial charge in [-0.05, 0) is 42.5 Å². The summed E-state index contributed by atoms with van der Waals surface area (Å²) in [6, 6.07) is 11.1. The summed E-state index contributed by atoms with van der Waals surface area (Å²) in [6.07, 6.45) is 2.93. The van der Waals surface area contributed by atoms with Crippen molar-refractivity contribution in [2.75, 3.05) is 0 Å². The molecule has 3 rings (SSSR count). The molecule has 17 heavy (non-hydrogen) atoms. The van der Waals surface area contributed by atoms with E-state index in [0.717, 1.165) is 41.5 Å². The average molecular weight is 226 g/mol. The molecule has 2 nitrogen and oxygen atoms in total. The minimum atomic E-state index is 0.257. The molecule has 0 atom stereocenters. The van der Waals surface area contributed by atoms with Gasteiger partial charge in [-0.3, -0.25) is 0 Å². The van der Waals surface area contributed by atoms with Gasteiger partial charge in [0.25, 0.3) is 0 Å². The second kappa shape index (κ2) is 3.81. The molecular formula is C15H14O2. The van der Waals surface area contributed by atoms with E-state index in [1.165, 1.54) is 0 Å². The molecule has 86 valence electrons. The number of hydrogen-bond donors (Lipinski definition) is 2. The van der Waals surface area contributed by atoms with E-state index in [9.17, 15) is 10.2 Å². The Kier molecular flexibility index (Phi) is 2.29. The van der Waals surface area contributed by atoms with Crippen molar-refractivity contribution in [2.24, 2.45) is 0 Å². The first kappa shape index (κ1) is 10.2. The molecule has 0 aromatic heterocycles. The average Bonchev–Trinajstić information content (AvgIpc) is 2.50. The normalized spacial score (nSPS) is 13.6. The molecule has 0 fully saturated rings. The molecule has 1 aliphatic carbocycles. The fraction of sp³-hybridized carbons (Fsp3) is 0.200. The molecule has 0 saturated heterocycles. The third kappa shape index (κ3) is 1.57. The molecule has 0 radical (unpaired) electrons. The number of phenols is 2. The fourth-order valence-electron chi connectivity index (χ4n) is 2.64. The summed E-state index contributed by atoms with van der Waals surface area (Å²) in [6.45, 7) is 0. The molecular weight excluding hydrogens is 212 g/mol. The lowest BCUT2D eigenvalue weighted by molar-refractivity contribution is 0.468. The highest BCUT2D eigenvalue weighted by Gasteiger charge is 2.19. The van der Waals surface area contributed by atoms with Gasteiger partial charge in [-0.25, -0.2) is 0 Å². The second-order valence-corrected chi connectivity index (χ2v) is 4.48. The van der Waals surface area contributed by atoms with E-state index in [2.05, 4.69) is 0 Å². The Balaban J connectivity index is 2.37. The SMILES string of the molecule is Oc1cccc2c1-c1c(O)cccc1CCC2. The topological polar surface area (TPSA) is 40.5 Å². The van der Waals surface area contributed by atoms with Gasteiger partial charge in [0.2, 0.25) is 0 Å². The lowest BCUT2D eigenvalue weighted by Gasteiger charge is -2.12. The van der Waals surface area contributed by atoms with Crippen LogP contribution < -0.4 is 0 Å². The highest BCUT2D eigenvalue weighted by atomic mass is 16.3. The summed E-state index contributed by atoms with van der Waals surface area (Å²) in [7, 11) is 0. The first-order chi connectivity index (χ1) is 8.27. The van der Waals surface area contributed by atoms with Gasteiger partial charge >= 0.3 is 0 Å². The van der Waals surface area contributed by atoms with Gasteiger partial charge in [0.05, 0.1) is 0 Å². The molecule has 0 aliphatic heterocycles. The number of phenolic OH excluding ortho intramolecular Hbond substituents is 2. The highest BCUT2D eigenvalue weighted by molar-refractivity contribution is 5.81. The minimum absolute atomic E-state index is 0.257. The summed E-state index contributed by atoms with van der Waals surface area (Å²) in [5.74, 6) is 0.513. The zero-order valence-electron chi connectivity index (χ0n) is 9.48. The molecule has 2 heteroatoms. The second-order valence-electron chi connectivity index (χ2n) is 4.48. The van der Waals surface area contributed by atoms with Crippen molar-refractivity contribution in [2.45, 2.75) is 19.3 Å². The van der Waals surface area contributed by atoms with Crippen LogP contribution in [0.1, 0.15) is 17.5 Å². The number of benzene rings is 2. The summed E-state index contributed by atoms with van der Waals surface area (Å²) in [4.78, 5) is 0. The molecule has 0 heterocycles. The molecule has 0 spiro atoms. The van der Waals surface area contributed by atoms with Crippen LogP contribution in [0.5, 0.6) is 11.5 Å². The van der Waals surface area contributed by atoms with Crippen LogP contribution in [0.4, 0.5) is 0 Å². The zero-order valence-corrected chi connectivity index (χ0v) is 9.48. The van der Waals surface area contributed by atoms with Crippen LogP contribution in [-0.2, 0) is 12.8 Å². The zero-order chi connectivity index (χ0) is 11.8.